The zero-order chi connectivity index (χ0) is 11.4. The quantitative estimate of drug-likeness (QED) is 0.863. The Bertz CT molecular complexity index is 417. The molecule has 0 bridgehead atoms. The Morgan fingerprint density at radius 1 is 1.50 bits per heavy atom. The van der Waals surface area contributed by atoms with Crippen molar-refractivity contribution >= 4 is 17.3 Å². The molecule has 0 saturated carbocycles. The molecule has 16 heavy (non-hydrogen) atoms. The molecular weight excluding hydrogens is 218 g/mol. The molecule has 2 heterocycles. The van der Waals surface area contributed by atoms with Gasteiger partial charge in [0.05, 0.1) is 6.54 Å². The summed E-state index contributed by atoms with van der Waals surface area (Å²) in [6.45, 7) is 6.24. The minimum Gasteiger partial charge on any atom is -0.355 e. The van der Waals surface area contributed by atoms with Gasteiger partial charge in [-0.25, -0.2) is 4.98 Å². The van der Waals surface area contributed by atoms with E-state index in [1.165, 1.54) is 5.56 Å². The van der Waals surface area contributed by atoms with E-state index in [-0.39, 0.29) is 0 Å². The monoisotopic (exact) mass is 235 g/mol. The molecule has 0 aliphatic carbocycles. The molecule has 86 valence electrons. The average Bonchev–Trinajstić information content (AvgIpc) is 2.87. The second-order valence-corrected chi connectivity index (χ2v) is 5.07. The molecule has 1 N–H and O–H groups in total. The fourth-order valence-corrected chi connectivity index (χ4v) is 2.14. The van der Waals surface area contributed by atoms with Crippen LogP contribution in [0.5, 0.6) is 0 Å². The third-order valence-corrected chi connectivity index (χ3v) is 3.05. The van der Waals surface area contributed by atoms with Crippen LogP contribution in [0.3, 0.4) is 0 Å². The minimum absolute atomic E-state index is 0.631. The number of hydrogen-bond acceptors (Lipinski definition) is 3. The summed E-state index contributed by atoms with van der Waals surface area (Å²) in [7, 11) is 0. The lowest BCUT2D eigenvalue weighted by molar-refractivity contribution is 0.676. The summed E-state index contributed by atoms with van der Waals surface area (Å²) in [6.07, 6.45) is 3.86. The van der Waals surface area contributed by atoms with Gasteiger partial charge in [0.2, 0.25) is 5.95 Å². The van der Waals surface area contributed by atoms with E-state index in [1.807, 2.05) is 12.4 Å². The van der Waals surface area contributed by atoms with E-state index in [9.17, 15) is 0 Å². The molecule has 2 rings (SSSR count). The summed E-state index contributed by atoms with van der Waals surface area (Å²) in [5.41, 5.74) is 1.33. The van der Waals surface area contributed by atoms with E-state index in [1.54, 1.807) is 11.3 Å². The van der Waals surface area contributed by atoms with Gasteiger partial charge in [0, 0.05) is 18.9 Å². The van der Waals surface area contributed by atoms with Crippen molar-refractivity contribution < 1.29 is 0 Å². The van der Waals surface area contributed by atoms with Crippen molar-refractivity contribution in [3.05, 3.63) is 34.8 Å². The Labute approximate surface area is 100 Å². The number of thiophene rings is 1. The molecule has 2 aromatic rings. The zero-order valence-corrected chi connectivity index (χ0v) is 10.5. The van der Waals surface area contributed by atoms with Crippen LogP contribution >= 0.6 is 11.3 Å². The van der Waals surface area contributed by atoms with Gasteiger partial charge in [-0.1, -0.05) is 13.8 Å². The van der Waals surface area contributed by atoms with Crippen molar-refractivity contribution in [1.29, 1.82) is 0 Å². The van der Waals surface area contributed by atoms with Crippen LogP contribution in [0.15, 0.2) is 29.2 Å². The average molecular weight is 235 g/mol. The van der Waals surface area contributed by atoms with Crippen LogP contribution in [0.2, 0.25) is 0 Å². The van der Waals surface area contributed by atoms with Crippen LogP contribution in [-0.4, -0.2) is 16.1 Å². The number of nitrogens with one attached hydrogen (secondary N) is 1. The molecule has 0 aromatic carbocycles. The van der Waals surface area contributed by atoms with E-state index in [0.29, 0.717) is 5.92 Å². The Morgan fingerprint density at radius 2 is 2.38 bits per heavy atom. The Hall–Kier alpha value is -1.29. The lowest BCUT2D eigenvalue weighted by Gasteiger charge is -2.10. The molecule has 2 aromatic heterocycles. The fourth-order valence-electron chi connectivity index (χ4n) is 1.48. The van der Waals surface area contributed by atoms with Crippen molar-refractivity contribution in [1.82, 2.24) is 9.55 Å². The first-order chi connectivity index (χ1) is 7.75. The van der Waals surface area contributed by atoms with Gasteiger partial charge in [-0.15, -0.1) is 0 Å². The zero-order valence-electron chi connectivity index (χ0n) is 9.68. The maximum Gasteiger partial charge on any atom is 0.203 e. The third-order valence-electron chi connectivity index (χ3n) is 2.32. The van der Waals surface area contributed by atoms with E-state index in [2.05, 4.69) is 45.5 Å². The molecule has 0 spiro atoms. The molecule has 0 aliphatic heterocycles. The number of imidazole rings is 1. The number of nitrogens with zero attached hydrogens (tertiary/aromatic N) is 2. The summed E-state index contributed by atoms with van der Waals surface area (Å²) in [5, 5.41) is 7.64. The van der Waals surface area contributed by atoms with E-state index >= 15 is 0 Å². The van der Waals surface area contributed by atoms with Crippen molar-refractivity contribution in [3.63, 3.8) is 0 Å². The molecule has 0 unspecified atom stereocenters. The Kier molecular flexibility index (Phi) is 3.62. The Balaban J connectivity index is 2.01. The lowest BCUT2D eigenvalue weighted by atomic mass is 10.2. The third kappa shape index (κ3) is 2.85. The largest absolute Gasteiger partial charge is 0.355 e. The maximum atomic E-state index is 4.32. The van der Waals surface area contributed by atoms with E-state index < -0.39 is 0 Å². The summed E-state index contributed by atoms with van der Waals surface area (Å²) in [4.78, 5) is 4.32. The number of aromatic nitrogens is 2. The van der Waals surface area contributed by atoms with Crippen molar-refractivity contribution in [2.24, 2.45) is 5.92 Å². The highest BCUT2D eigenvalue weighted by Gasteiger charge is 2.03. The number of hydrogen-bond donors (Lipinski definition) is 1. The highest BCUT2D eigenvalue weighted by Crippen LogP contribution is 2.12. The molecule has 0 amide bonds. The summed E-state index contributed by atoms with van der Waals surface area (Å²) in [5.74, 6) is 1.59. The van der Waals surface area contributed by atoms with Gasteiger partial charge in [-0.3, -0.25) is 0 Å². The smallest absolute Gasteiger partial charge is 0.203 e. The molecular formula is C12H17N3S. The van der Waals surface area contributed by atoms with Gasteiger partial charge in [0.15, 0.2) is 0 Å². The second-order valence-electron chi connectivity index (χ2n) is 4.29. The molecule has 4 heteroatoms. The first kappa shape index (κ1) is 11.2. The van der Waals surface area contributed by atoms with E-state index in [0.717, 1.165) is 19.0 Å². The van der Waals surface area contributed by atoms with Crippen LogP contribution in [0.25, 0.3) is 0 Å². The van der Waals surface area contributed by atoms with Gasteiger partial charge in [0.1, 0.15) is 0 Å². The van der Waals surface area contributed by atoms with Gasteiger partial charge >= 0.3 is 0 Å². The molecule has 0 atom stereocenters. The number of rotatable bonds is 5. The molecule has 0 fully saturated rings. The van der Waals surface area contributed by atoms with Crippen molar-refractivity contribution in [2.45, 2.75) is 20.4 Å². The first-order valence-electron chi connectivity index (χ1n) is 5.52. The normalized spacial score (nSPS) is 10.9. The van der Waals surface area contributed by atoms with Gasteiger partial charge in [-0.2, -0.15) is 11.3 Å². The molecule has 0 radical (unpaired) electrons. The summed E-state index contributed by atoms with van der Waals surface area (Å²) in [6, 6.07) is 2.15. The van der Waals surface area contributed by atoms with Crippen molar-refractivity contribution in [2.75, 3.05) is 11.9 Å². The fraction of sp³-hybridized carbons (Fsp3) is 0.417. The van der Waals surface area contributed by atoms with Crippen molar-refractivity contribution in [3.8, 4) is 0 Å². The SMILES string of the molecule is CC(C)CNc1nccn1Cc1ccsc1. The van der Waals surface area contributed by atoms with Crippen LogP contribution in [0.1, 0.15) is 19.4 Å². The predicted molar refractivity (Wildman–Crippen MR) is 69.0 cm³/mol. The number of anilines is 1. The predicted octanol–water partition coefficient (Wildman–Crippen LogP) is 3.06. The molecule has 0 aliphatic rings. The topological polar surface area (TPSA) is 29.9 Å². The van der Waals surface area contributed by atoms with E-state index in [4.69, 9.17) is 0 Å². The van der Waals surface area contributed by atoms with Gasteiger partial charge < -0.3 is 9.88 Å². The Morgan fingerprint density at radius 3 is 3.06 bits per heavy atom. The second kappa shape index (κ2) is 5.16. The summed E-state index contributed by atoms with van der Waals surface area (Å²) >= 11 is 1.73. The van der Waals surface area contributed by atoms with Crippen LogP contribution in [0, 0.1) is 5.92 Å². The molecule has 0 saturated heterocycles. The van der Waals surface area contributed by atoms with Crippen LogP contribution in [-0.2, 0) is 6.54 Å². The minimum atomic E-state index is 0.631. The maximum absolute atomic E-state index is 4.32. The standard InChI is InChI=1S/C12H17N3S/c1-10(2)7-14-12-13-4-5-15(12)8-11-3-6-16-9-11/h3-6,9-10H,7-8H2,1-2H3,(H,13,14). The lowest BCUT2D eigenvalue weighted by Crippen LogP contribution is -2.12. The van der Waals surface area contributed by atoms with Gasteiger partial charge in [0.25, 0.3) is 0 Å². The first-order valence-corrected chi connectivity index (χ1v) is 6.46. The molecule has 3 nitrogen and oxygen atoms in total. The van der Waals surface area contributed by atoms with Crippen LogP contribution in [0.4, 0.5) is 5.95 Å². The summed E-state index contributed by atoms with van der Waals surface area (Å²) < 4.78 is 2.14. The van der Waals surface area contributed by atoms with Crippen LogP contribution < -0.4 is 5.32 Å². The highest BCUT2D eigenvalue weighted by molar-refractivity contribution is 7.07. The van der Waals surface area contributed by atoms with Gasteiger partial charge in [-0.05, 0) is 28.3 Å². The highest BCUT2D eigenvalue weighted by atomic mass is 32.1.